The van der Waals surface area contributed by atoms with E-state index in [1.165, 1.54) is 5.56 Å². The highest BCUT2D eigenvalue weighted by atomic mass is 79.9. The van der Waals surface area contributed by atoms with Gasteiger partial charge in [-0.15, -0.1) is 11.3 Å². The largest absolute Gasteiger partial charge is 0.283 e. The molecule has 4 aromatic rings. The molecule has 27 heavy (non-hydrogen) atoms. The molecule has 2 aromatic carbocycles. The fourth-order valence-electron chi connectivity index (χ4n) is 3.11. The van der Waals surface area contributed by atoms with Crippen molar-refractivity contribution in [3.63, 3.8) is 0 Å². The van der Waals surface area contributed by atoms with Crippen LogP contribution in [0.2, 0.25) is 0 Å². The minimum Gasteiger partial charge on any atom is -0.283 e. The minimum atomic E-state index is -0.0615. The van der Waals surface area contributed by atoms with Crippen LogP contribution in [0.3, 0.4) is 0 Å². The Labute approximate surface area is 169 Å². The molecule has 0 unspecified atom stereocenters. The summed E-state index contributed by atoms with van der Waals surface area (Å²) in [7, 11) is 2.00. The highest BCUT2D eigenvalue weighted by molar-refractivity contribution is 9.10. The summed E-state index contributed by atoms with van der Waals surface area (Å²) in [4.78, 5) is 16.1. The van der Waals surface area contributed by atoms with Crippen molar-refractivity contribution in [3.8, 4) is 10.6 Å². The zero-order chi connectivity index (χ0) is 18.8. The topological polar surface area (TPSA) is 38.1 Å². The van der Waals surface area contributed by atoms with Gasteiger partial charge < -0.3 is 0 Å². The summed E-state index contributed by atoms with van der Waals surface area (Å²) >= 11 is 5.09. The van der Waals surface area contributed by atoms with Gasteiger partial charge in [-0.1, -0.05) is 52.3 Å². The molecule has 0 aliphatic carbocycles. The van der Waals surface area contributed by atoms with Crippen LogP contribution in [-0.4, -0.2) is 21.7 Å². The highest BCUT2D eigenvalue weighted by Gasteiger charge is 2.13. The lowest BCUT2D eigenvalue weighted by atomic mass is 10.1. The highest BCUT2D eigenvalue weighted by Crippen LogP contribution is 2.28. The summed E-state index contributed by atoms with van der Waals surface area (Å²) in [6.07, 6.45) is 0. The van der Waals surface area contributed by atoms with E-state index in [1.54, 1.807) is 16.0 Å². The van der Waals surface area contributed by atoms with Crippen LogP contribution in [0.4, 0.5) is 0 Å². The Morgan fingerprint density at radius 3 is 2.48 bits per heavy atom. The predicted molar refractivity (Wildman–Crippen MR) is 115 cm³/mol. The lowest BCUT2D eigenvalue weighted by Crippen LogP contribution is -2.31. The lowest BCUT2D eigenvalue weighted by molar-refractivity contribution is 0.241. The van der Waals surface area contributed by atoms with E-state index < -0.39 is 0 Å². The van der Waals surface area contributed by atoms with E-state index >= 15 is 0 Å². The fraction of sp³-hybridized carbons (Fsp3) is 0.143. The van der Waals surface area contributed by atoms with E-state index in [0.717, 1.165) is 27.0 Å². The molecule has 2 heterocycles. The zero-order valence-corrected chi connectivity index (χ0v) is 17.2. The third kappa shape index (κ3) is 3.88. The predicted octanol–water partition coefficient (Wildman–Crippen LogP) is 4.98. The van der Waals surface area contributed by atoms with Crippen LogP contribution in [-0.2, 0) is 13.2 Å². The van der Waals surface area contributed by atoms with Crippen molar-refractivity contribution in [1.82, 2.24) is 14.7 Å². The summed E-state index contributed by atoms with van der Waals surface area (Å²) < 4.78 is 2.62. The van der Waals surface area contributed by atoms with Crippen LogP contribution in [0.25, 0.3) is 21.3 Å². The summed E-state index contributed by atoms with van der Waals surface area (Å²) in [6.45, 7) is 1.17. The first-order valence-corrected chi connectivity index (χ1v) is 10.3. The van der Waals surface area contributed by atoms with E-state index in [0.29, 0.717) is 12.1 Å². The first-order chi connectivity index (χ1) is 13.1. The van der Waals surface area contributed by atoms with Gasteiger partial charge in [-0.2, -0.15) is 5.10 Å². The lowest BCUT2D eigenvalue weighted by Gasteiger charge is -2.18. The van der Waals surface area contributed by atoms with Crippen molar-refractivity contribution in [2.75, 3.05) is 7.05 Å². The molecule has 0 fully saturated rings. The van der Waals surface area contributed by atoms with Gasteiger partial charge >= 0.3 is 0 Å². The standard InChI is InChI=1S/C21H18BrN3OS/c1-24(13-15-8-10-16(22)11-9-15)14-25-21(26)18-6-3-2-5-17(18)20(23-25)19-7-4-12-27-19/h2-12H,13-14H2,1H3. The molecule has 4 nitrogen and oxygen atoms in total. The van der Waals surface area contributed by atoms with Crippen LogP contribution in [0.5, 0.6) is 0 Å². The summed E-state index contributed by atoms with van der Waals surface area (Å²) in [5, 5.41) is 8.33. The Hall–Kier alpha value is -2.28. The normalized spacial score (nSPS) is 11.4. The molecule has 2 aromatic heterocycles. The van der Waals surface area contributed by atoms with Crippen molar-refractivity contribution in [2.45, 2.75) is 13.2 Å². The SMILES string of the molecule is CN(Cc1ccc(Br)cc1)Cn1nc(-c2cccs2)c2ccccc2c1=O. The second kappa shape index (κ2) is 7.76. The second-order valence-electron chi connectivity index (χ2n) is 6.46. The van der Waals surface area contributed by atoms with Gasteiger partial charge in [-0.25, -0.2) is 4.68 Å². The summed E-state index contributed by atoms with van der Waals surface area (Å²) in [5.41, 5.74) is 1.99. The minimum absolute atomic E-state index is 0.0615. The van der Waals surface area contributed by atoms with Crippen molar-refractivity contribution in [3.05, 3.63) is 86.4 Å². The Morgan fingerprint density at radius 2 is 1.78 bits per heavy atom. The Bertz CT molecular complexity index is 1120. The van der Waals surface area contributed by atoms with Crippen molar-refractivity contribution < 1.29 is 0 Å². The van der Waals surface area contributed by atoms with E-state index in [2.05, 4.69) is 33.0 Å². The molecule has 4 rings (SSSR count). The van der Waals surface area contributed by atoms with Gasteiger partial charge in [0, 0.05) is 16.4 Å². The molecule has 0 radical (unpaired) electrons. The number of hydrogen-bond donors (Lipinski definition) is 0. The van der Waals surface area contributed by atoms with Crippen LogP contribution in [0, 0.1) is 0 Å². The van der Waals surface area contributed by atoms with Gasteiger partial charge in [0.25, 0.3) is 5.56 Å². The van der Waals surface area contributed by atoms with Gasteiger partial charge in [0.05, 0.1) is 16.9 Å². The number of benzene rings is 2. The first-order valence-electron chi connectivity index (χ1n) is 8.58. The van der Waals surface area contributed by atoms with Crippen molar-refractivity contribution in [2.24, 2.45) is 0 Å². The number of rotatable bonds is 5. The molecule has 0 saturated heterocycles. The van der Waals surface area contributed by atoms with Gasteiger partial charge in [-0.05, 0) is 42.3 Å². The maximum atomic E-state index is 13.0. The van der Waals surface area contributed by atoms with E-state index in [9.17, 15) is 4.79 Å². The molecular formula is C21H18BrN3OS. The maximum Gasteiger partial charge on any atom is 0.275 e. The van der Waals surface area contributed by atoms with Gasteiger partial charge in [0.2, 0.25) is 0 Å². The Morgan fingerprint density at radius 1 is 1.04 bits per heavy atom. The molecule has 0 aliphatic heterocycles. The molecule has 0 saturated carbocycles. The average molecular weight is 440 g/mol. The first kappa shape index (κ1) is 18.1. The molecule has 0 spiro atoms. The van der Waals surface area contributed by atoms with Crippen LogP contribution < -0.4 is 5.56 Å². The molecule has 0 bridgehead atoms. The molecule has 0 aliphatic rings. The number of hydrogen-bond acceptors (Lipinski definition) is 4. The second-order valence-corrected chi connectivity index (χ2v) is 8.32. The summed E-state index contributed by atoms with van der Waals surface area (Å²) in [5.74, 6) is 0. The zero-order valence-electron chi connectivity index (χ0n) is 14.8. The molecule has 0 atom stereocenters. The average Bonchev–Trinajstić information content (AvgIpc) is 3.20. The van der Waals surface area contributed by atoms with E-state index in [4.69, 9.17) is 5.10 Å². The van der Waals surface area contributed by atoms with Gasteiger partial charge in [-0.3, -0.25) is 9.69 Å². The third-order valence-corrected chi connectivity index (χ3v) is 5.77. The monoisotopic (exact) mass is 439 g/mol. The maximum absolute atomic E-state index is 13.0. The molecule has 136 valence electrons. The molecular weight excluding hydrogens is 422 g/mol. The number of thiophene rings is 1. The Kier molecular flexibility index (Phi) is 5.20. The molecule has 0 amide bonds. The molecule has 6 heteroatoms. The van der Waals surface area contributed by atoms with E-state index in [-0.39, 0.29) is 5.56 Å². The quantitative estimate of drug-likeness (QED) is 0.440. The van der Waals surface area contributed by atoms with Crippen molar-refractivity contribution in [1.29, 1.82) is 0 Å². The number of halogens is 1. The Balaban J connectivity index is 1.70. The number of nitrogens with zero attached hydrogens (tertiary/aromatic N) is 3. The number of aromatic nitrogens is 2. The van der Waals surface area contributed by atoms with Crippen LogP contribution in [0.15, 0.2) is 75.3 Å². The van der Waals surface area contributed by atoms with Crippen LogP contribution >= 0.6 is 27.3 Å². The molecule has 0 N–H and O–H groups in total. The summed E-state index contributed by atoms with van der Waals surface area (Å²) in [6, 6.07) is 19.9. The van der Waals surface area contributed by atoms with Crippen molar-refractivity contribution >= 4 is 38.0 Å². The number of fused-ring (bicyclic) bond motifs is 1. The van der Waals surface area contributed by atoms with Gasteiger partial charge in [0.15, 0.2) is 0 Å². The fourth-order valence-corrected chi connectivity index (χ4v) is 4.09. The third-order valence-electron chi connectivity index (χ3n) is 4.36. The van der Waals surface area contributed by atoms with E-state index in [1.807, 2.05) is 61.0 Å². The van der Waals surface area contributed by atoms with Gasteiger partial charge in [0.1, 0.15) is 5.69 Å². The van der Waals surface area contributed by atoms with Crippen LogP contribution in [0.1, 0.15) is 5.56 Å². The smallest absolute Gasteiger partial charge is 0.275 e.